The lowest BCUT2D eigenvalue weighted by atomic mass is 9.89. The number of nitrogens with one attached hydrogen (secondary N) is 1. The Kier molecular flexibility index (Phi) is 5.35. The third-order valence-electron chi connectivity index (χ3n) is 3.54. The summed E-state index contributed by atoms with van der Waals surface area (Å²) in [5.41, 5.74) is 1.50. The van der Waals surface area contributed by atoms with Gasteiger partial charge >= 0.3 is 5.97 Å². The summed E-state index contributed by atoms with van der Waals surface area (Å²) in [6, 6.07) is 3.53. The molecule has 0 heterocycles. The van der Waals surface area contributed by atoms with Crippen LogP contribution in [0.5, 0.6) is 5.75 Å². The summed E-state index contributed by atoms with van der Waals surface area (Å²) in [5.74, 6) is -0.295. The van der Waals surface area contributed by atoms with Crippen molar-refractivity contribution in [2.45, 2.75) is 34.1 Å². The average molecular weight is 293 g/mol. The van der Waals surface area contributed by atoms with E-state index in [0.29, 0.717) is 18.5 Å². The summed E-state index contributed by atoms with van der Waals surface area (Å²) < 4.78 is 5.27. The number of hydrogen-bond donors (Lipinski definition) is 2. The molecule has 0 aromatic heterocycles. The van der Waals surface area contributed by atoms with Gasteiger partial charge in [-0.2, -0.15) is 0 Å². The summed E-state index contributed by atoms with van der Waals surface area (Å²) >= 11 is 0. The maximum atomic E-state index is 12.1. The van der Waals surface area contributed by atoms with E-state index in [0.717, 1.165) is 16.9 Å². The Labute approximate surface area is 125 Å². The normalized spacial score (nSPS) is 11.1. The fourth-order valence-corrected chi connectivity index (χ4v) is 2.10. The molecule has 0 spiro atoms. The topological polar surface area (TPSA) is 75.6 Å². The van der Waals surface area contributed by atoms with E-state index >= 15 is 0 Å². The minimum absolute atomic E-state index is 0.204. The SMILES string of the molecule is COc1c(C)cc(C(=O)NCCC(C)(C)C(=O)O)cc1C. The number of aryl methyl sites for hydroxylation is 2. The molecule has 0 aliphatic rings. The van der Waals surface area contributed by atoms with E-state index in [1.54, 1.807) is 33.1 Å². The van der Waals surface area contributed by atoms with Crippen molar-refractivity contribution in [3.05, 3.63) is 28.8 Å². The van der Waals surface area contributed by atoms with E-state index in [4.69, 9.17) is 9.84 Å². The molecule has 5 nitrogen and oxygen atoms in total. The zero-order chi connectivity index (χ0) is 16.2. The van der Waals surface area contributed by atoms with Crippen LogP contribution in [-0.2, 0) is 4.79 Å². The van der Waals surface area contributed by atoms with Crippen molar-refractivity contribution >= 4 is 11.9 Å². The largest absolute Gasteiger partial charge is 0.496 e. The van der Waals surface area contributed by atoms with Crippen LogP contribution in [0, 0.1) is 19.3 Å². The second-order valence-electron chi connectivity index (χ2n) is 5.84. The molecule has 1 aromatic carbocycles. The Hall–Kier alpha value is -2.04. The van der Waals surface area contributed by atoms with E-state index in [-0.39, 0.29) is 5.91 Å². The summed E-state index contributed by atoms with van der Waals surface area (Å²) in [5, 5.41) is 11.8. The van der Waals surface area contributed by atoms with Gasteiger partial charge in [-0.15, -0.1) is 0 Å². The van der Waals surface area contributed by atoms with Gasteiger partial charge < -0.3 is 15.2 Å². The molecule has 0 aliphatic carbocycles. The van der Waals surface area contributed by atoms with Crippen LogP contribution in [0.2, 0.25) is 0 Å². The molecule has 0 saturated heterocycles. The Morgan fingerprint density at radius 3 is 2.19 bits per heavy atom. The summed E-state index contributed by atoms with van der Waals surface area (Å²) in [7, 11) is 1.60. The molecule has 0 radical (unpaired) electrons. The second-order valence-corrected chi connectivity index (χ2v) is 5.84. The van der Waals surface area contributed by atoms with Crippen LogP contribution in [0.1, 0.15) is 41.8 Å². The summed E-state index contributed by atoms with van der Waals surface area (Å²) in [6.07, 6.45) is 0.377. The number of carbonyl (C=O) groups is 2. The van der Waals surface area contributed by atoms with Gasteiger partial charge in [-0.3, -0.25) is 9.59 Å². The van der Waals surface area contributed by atoms with Crippen LogP contribution in [0.25, 0.3) is 0 Å². The standard InChI is InChI=1S/C16H23NO4/c1-10-8-12(9-11(2)13(10)21-5)14(18)17-7-6-16(3,4)15(19)20/h8-9H,6-7H2,1-5H3,(H,17,18)(H,19,20). The highest BCUT2D eigenvalue weighted by molar-refractivity contribution is 5.94. The maximum absolute atomic E-state index is 12.1. The van der Waals surface area contributed by atoms with Crippen LogP contribution in [0.15, 0.2) is 12.1 Å². The average Bonchev–Trinajstić information content (AvgIpc) is 2.37. The smallest absolute Gasteiger partial charge is 0.309 e. The van der Waals surface area contributed by atoms with Gasteiger partial charge in [-0.25, -0.2) is 0 Å². The zero-order valence-electron chi connectivity index (χ0n) is 13.2. The van der Waals surface area contributed by atoms with Crippen molar-refractivity contribution in [2.24, 2.45) is 5.41 Å². The van der Waals surface area contributed by atoms with Gasteiger partial charge in [0.15, 0.2) is 0 Å². The molecule has 5 heteroatoms. The van der Waals surface area contributed by atoms with E-state index in [2.05, 4.69) is 5.32 Å². The number of methoxy groups -OCH3 is 1. The number of carbonyl (C=O) groups excluding carboxylic acids is 1. The summed E-state index contributed by atoms with van der Waals surface area (Å²) in [4.78, 5) is 23.1. The monoisotopic (exact) mass is 293 g/mol. The predicted octanol–water partition coefficient (Wildman–Crippen LogP) is 2.54. The van der Waals surface area contributed by atoms with Gasteiger partial charge in [0.2, 0.25) is 0 Å². The molecule has 21 heavy (non-hydrogen) atoms. The fraction of sp³-hybridized carbons (Fsp3) is 0.500. The number of carboxylic acid groups (broad SMARTS) is 1. The number of aliphatic carboxylic acids is 1. The van der Waals surface area contributed by atoms with Gasteiger partial charge in [0.25, 0.3) is 5.91 Å². The summed E-state index contributed by atoms with van der Waals surface area (Å²) in [6.45, 7) is 7.38. The van der Waals surface area contributed by atoms with Gasteiger partial charge in [-0.1, -0.05) is 0 Å². The highest BCUT2D eigenvalue weighted by atomic mass is 16.5. The van der Waals surface area contributed by atoms with Gasteiger partial charge in [0.05, 0.1) is 12.5 Å². The highest BCUT2D eigenvalue weighted by Gasteiger charge is 2.26. The van der Waals surface area contributed by atoms with Crippen molar-refractivity contribution in [3.8, 4) is 5.75 Å². The van der Waals surface area contributed by atoms with Crippen molar-refractivity contribution in [1.82, 2.24) is 5.32 Å². The third-order valence-corrected chi connectivity index (χ3v) is 3.54. The third kappa shape index (κ3) is 4.21. The van der Waals surface area contributed by atoms with E-state index in [1.165, 1.54) is 0 Å². The van der Waals surface area contributed by atoms with Gasteiger partial charge in [-0.05, 0) is 57.4 Å². The number of benzene rings is 1. The highest BCUT2D eigenvalue weighted by Crippen LogP contribution is 2.24. The molecular weight excluding hydrogens is 270 g/mol. The van der Waals surface area contributed by atoms with Crippen molar-refractivity contribution in [3.63, 3.8) is 0 Å². The number of rotatable bonds is 6. The minimum atomic E-state index is -0.868. The first-order chi connectivity index (χ1) is 9.69. The lowest BCUT2D eigenvalue weighted by Gasteiger charge is -2.19. The maximum Gasteiger partial charge on any atom is 0.309 e. The molecule has 0 saturated carbocycles. The predicted molar refractivity (Wildman–Crippen MR) is 80.8 cm³/mol. The van der Waals surface area contributed by atoms with Gasteiger partial charge in [0.1, 0.15) is 5.75 Å². The molecule has 0 fully saturated rings. The first-order valence-electron chi connectivity index (χ1n) is 6.86. The fourth-order valence-electron chi connectivity index (χ4n) is 2.10. The zero-order valence-corrected chi connectivity index (χ0v) is 13.2. The van der Waals surface area contributed by atoms with Crippen LogP contribution >= 0.6 is 0 Å². The number of amides is 1. The molecular formula is C16H23NO4. The number of hydrogen-bond acceptors (Lipinski definition) is 3. The Bertz CT molecular complexity index is 526. The molecule has 1 aromatic rings. The van der Waals surface area contributed by atoms with E-state index < -0.39 is 11.4 Å². The molecule has 1 amide bonds. The van der Waals surface area contributed by atoms with Crippen molar-refractivity contribution in [1.29, 1.82) is 0 Å². The molecule has 2 N–H and O–H groups in total. The second kappa shape index (κ2) is 6.61. The minimum Gasteiger partial charge on any atom is -0.496 e. The molecule has 116 valence electrons. The van der Waals surface area contributed by atoms with Crippen LogP contribution < -0.4 is 10.1 Å². The first kappa shape index (κ1) is 17.0. The Morgan fingerprint density at radius 2 is 1.76 bits per heavy atom. The van der Waals surface area contributed by atoms with E-state index in [9.17, 15) is 9.59 Å². The molecule has 0 aliphatic heterocycles. The lowest BCUT2D eigenvalue weighted by molar-refractivity contribution is -0.147. The van der Waals surface area contributed by atoms with Gasteiger partial charge in [0, 0.05) is 12.1 Å². The van der Waals surface area contributed by atoms with Crippen LogP contribution in [0.3, 0.4) is 0 Å². The Morgan fingerprint density at radius 1 is 1.24 bits per heavy atom. The molecule has 0 atom stereocenters. The van der Waals surface area contributed by atoms with Crippen molar-refractivity contribution < 1.29 is 19.4 Å². The number of carboxylic acids is 1. The van der Waals surface area contributed by atoms with Crippen molar-refractivity contribution in [2.75, 3.05) is 13.7 Å². The first-order valence-corrected chi connectivity index (χ1v) is 6.86. The molecule has 0 unspecified atom stereocenters. The Balaban J connectivity index is 2.71. The molecule has 1 rings (SSSR count). The van der Waals surface area contributed by atoms with Crippen LogP contribution in [-0.4, -0.2) is 30.6 Å². The number of ether oxygens (including phenoxy) is 1. The van der Waals surface area contributed by atoms with Crippen LogP contribution in [0.4, 0.5) is 0 Å². The quantitative estimate of drug-likeness (QED) is 0.845. The van der Waals surface area contributed by atoms with E-state index in [1.807, 2.05) is 13.8 Å². The molecule has 0 bridgehead atoms. The lowest BCUT2D eigenvalue weighted by Crippen LogP contribution is -2.32.